The van der Waals surface area contributed by atoms with E-state index >= 15 is 0 Å². The Morgan fingerprint density at radius 1 is 1.22 bits per heavy atom. The highest BCUT2D eigenvalue weighted by Gasteiger charge is 2.18. The maximum Gasteiger partial charge on any atom is 0.134 e. The Morgan fingerprint density at radius 3 is 2.61 bits per heavy atom. The summed E-state index contributed by atoms with van der Waals surface area (Å²) in [7, 11) is 0. The molecule has 0 amide bonds. The smallest absolute Gasteiger partial charge is 0.134 e. The van der Waals surface area contributed by atoms with Gasteiger partial charge in [0.1, 0.15) is 5.75 Å². The van der Waals surface area contributed by atoms with Crippen LogP contribution in [0.2, 0.25) is 5.02 Å². The van der Waals surface area contributed by atoms with Crippen LogP contribution in [0, 0.1) is 5.92 Å². The molecular formula is C14H20ClNO2. The maximum atomic E-state index is 9.43. The molecule has 1 aliphatic carbocycles. The lowest BCUT2D eigenvalue weighted by Gasteiger charge is -2.25. The predicted molar refractivity (Wildman–Crippen MR) is 72.8 cm³/mol. The van der Waals surface area contributed by atoms with Gasteiger partial charge in [0.2, 0.25) is 0 Å². The van der Waals surface area contributed by atoms with Crippen molar-refractivity contribution in [2.24, 2.45) is 5.92 Å². The molecule has 3 N–H and O–H groups in total. The van der Waals surface area contributed by atoms with Gasteiger partial charge in [0, 0.05) is 6.54 Å². The number of phenolic OH excluding ortho intramolecular Hbond substituents is 1. The second kappa shape index (κ2) is 6.41. The summed E-state index contributed by atoms with van der Waals surface area (Å²) in [6.07, 6.45) is 3.97. The molecule has 1 fully saturated rings. The number of hydrogen-bond donors (Lipinski definition) is 3. The largest absolute Gasteiger partial charge is 0.506 e. The third-order valence-electron chi connectivity index (χ3n) is 3.59. The number of aliphatic hydroxyl groups is 1. The fraction of sp³-hybridized carbons (Fsp3) is 0.571. The van der Waals surface area contributed by atoms with Crippen LogP contribution < -0.4 is 5.32 Å². The van der Waals surface area contributed by atoms with Gasteiger partial charge in [-0.15, -0.1) is 0 Å². The monoisotopic (exact) mass is 269 g/mol. The molecule has 0 heterocycles. The lowest BCUT2D eigenvalue weighted by Crippen LogP contribution is -2.27. The van der Waals surface area contributed by atoms with Crippen LogP contribution in [0.3, 0.4) is 0 Å². The van der Waals surface area contributed by atoms with Gasteiger partial charge < -0.3 is 15.5 Å². The molecule has 2 rings (SSSR count). The summed E-state index contributed by atoms with van der Waals surface area (Å²) < 4.78 is 0. The van der Waals surface area contributed by atoms with Gasteiger partial charge in [-0.2, -0.15) is 0 Å². The summed E-state index contributed by atoms with van der Waals surface area (Å²) in [5.74, 6) is 0.794. The van der Waals surface area contributed by atoms with Gasteiger partial charge in [0.05, 0.1) is 11.1 Å². The topological polar surface area (TPSA) is 52.5 Å². The van der Waals surface area contributed by atoms with Gasteiger partial charge in [-0.3, -0.25) is 0 Å². The first-order valence-electron chi connectivity index (χ1n) is 6.51. The van der Waals surface area contributed by atoms with E-state index in [1.165, 1.54) is 0 Å². The summed E-state index contributed by atoms with van der Waals surface area (Å²) in [5, 5.41) is 22.6. The Balaban J connectivity index is 1.73. The molecule has 1 aromatic carbocycles. The standard InChI is InChI=1S/C14H20ClNO2/c15-13-7-11(3-6-14(13)18)9-16-8-10-1-4-12(17)5-2-10/h3,6-7,10,12,16-18H,1-2,4-5,8-9H2. The summed E-state index contributed by atoms with van der Waals surface area (Å²) in [6.45, 7) is 1.74. The maximum absolute atomic E-state index is 9.43. The Kier molecular flexibility index (Phi) is 4.87. The number of hydrogen-bond acceptors (Lipinski definition) is 3. The fourth-order valence-corrected chi connectivity index (χ4v) is 2.63. The van der Waals surface area contributed by atoms with E-state index in [4.69, 9.17) is 11.6 Å². The molecule has 18 heavy (non-hydrogen) atoms. The number of aromatic hydroxyl groups is 1. The first-order valence-corrected chi connectivity index (χ1v) is 6.89. The van der Waals surface area contributed by atoms with E-state index in [-0.39, 0.29) is 11.9 Å². The Morgan fingerprint density at radius 2 is 1.94 bits per heavy atom. The molecule has 0 atom stereocenters. The normalized spacial score (nSPS) is 24.1. The minimum Gasteiger partial charge on any atom is -0.506 e. The van der Waals surface area contributed by atoms with Crippen LogP contribution in [-0.4, -0.2) is 22.9 Å². The number of rotatable bonds is 4. The number of nitrogens with one attached hydrogen (secondary N) is 1. The van der Waals surface area contributed by atoms with Crippen molar-refractivity contribution in [3.8, 4) is 5.75 Å². The van der Waals surface area contributed by atoms with Gasteiger partial charge in [-0.05, 0) is 55.8 Å². The molecular weight excluding hydrogens is 250 g/mol. The zero-order chi connectivity index (χ0) is 13.0. The van der Waals surface area contributed by atoms with Crippen molar-refractivity contribution in [1.29, 1.82) is 0 Å². The van der Waals surface area contributed by atoms with Crippen LogP contribution in [0.25, 0.3) is 0 Å². The minimum absolute atomic E-state index is 0.0860. The second-order valence-electron chi connectivity index (χ2n) is 5.09. The third kappa shape index (κ3) is 3.87. The molecule has 1 saturated carbocycles. The first kappa shape index (κ1) is 13.7. The molecule has 0 aromatic heterocycles. The molecule has 0 unspecified atom stereocenters. The first-order chi connectivity index (χ1) is 8.65. The Labute approximate surface area is 113 Å². The highest BCUT2D eigenvalue weighted by molar-refractivity contribution is 6.32. The molecule has 0 aliphatic heterocycles. The number of aliphatic hydroxyl groups excluding tert-OH is 1. The Hall–Kier alpha value is -0.770. The van der Waals surface area contributed by atoms with Crippen molar-refractivity contribution in [3.63, 3.8) is 0 Å². The van der Waals surface area contributed by atoms with Crippen molar-refractivity contribution >= 4 is 11.6 Å². The molecule has 0 saturated heterocycles. The molecule has 4 heteroatoms. The minimum atomic E-state index is -0.0860. The quantitative estimate of drug-likeness (QED) is 0.788. The van der Waals surface area contributed by atoms with Crippen molar-refractivity contribution < 1.29 is 10.2 Å². The number of halogens is 1. The molecule has 1 aromatic rings. The van der Waals surface area contributed by atoms with Crippen LogP contribution in [0.1, 0.15) is 31.2 Å². The van der Waals surface area contributed by atoms with E-state index < -0.39 is 0 Å². The van der Waals surface area contributed by atoms with Crippen LogP contribution in [-0.2, 0) is 6.54 Å². The summed E-state index contributed by atoms with van der Waals surface area (Å²) >= 11 is 5.85. The third-order valence-corrected chi connectivity index (χ3v) is 3.89. The summed E-state index contributed by atoms with van der Waals surface area (Å²) in [4.78, 5) is 0. The number of phenols is 1. The SMILES string of the molecule is Oc1ccc(CNCC2CCC(O)CC2)cc1Cl. The van der Waals surface area contributed by atoms with E-state index in [2.05, 4.69) is 5.32 Å². The van der Waals surface area contributed by atoms with Crippen LogP contribution >= 0.6 is 11.6 Å². The van der Waals surface area contributed by atoms with Crippen molar-refractivity contribution in [2.45, 2.75) is 38.3 Å². The van der Waals surface area contributed by atoms with E-state index in [0.717, 1.165) is 44.3 Å². The van der Waals surface area contributed by atoms with Crippen molar-refractivity contribution in [1.82, 2.24) is 5.32 Å². The predicted octanol–water partition coefficient (Wildman–Crippen LogP) is 2.69. The molecule has 0 spiro atoms. The van der Waals surface area contributed by atoms with Gasteiger partial charge in [-0.25, -0.2) is 0 Å². The van der Waals surface area contributed by atoms with E-state index in [0.29, 0.717) is 10.9 Å². The Bertz CT molecular complexity index is 389. The van der Waals surface area contributed by atoms with Gasteiger partial charge in [0.15, 0.2) is 0 Å². The zero-order valence-corrected chi connectivity index (χ0v) is 11.2. The average Bonchev–Trinajstić information content (AvgIpc) is 2.36. The number of benzene rings is 1. The molecule has 0 radical (unpaired) electrons. The fourth-order valence-electron chi connectivity index (χ4n) is 2.43. The van der Waals surface area contributed by atoms with Crippen LogP contribution in [0.15, 0.2) is 18.2 Å². The lowest BCUT2D eigenvalue weighted by atomic mass is 9.87. The van der Waals surface area contributed by atoms with E-state index in [1.807, 2.05) is 6.07 Å². The van der Waals surface area contributed by atoms with Crippen LogP contribution in [0.4, 0.5) is 0 Å². The molecule has 100 valence electrons. The molecule has 3 nitrogen and oxygen atoms in total. The zero-order valence-electron chi connectivity index (χ0n) is 10.4. The molecule has 0 bridgehead atoms. The van der Waals surface area contributed by atoms with Crippen LogP contribution in [0.5, 0.6) is 5.75 Å². The lowest BCUT2D eigenvalue weighted by molar-refractivity contribution is 0.108. The summed E-state index contributed by atoms with van der Waals surface area (Å²) in [5.41, 5.74) is 1.08. The highest BCUT2D eigenvalue weighted by Crippen LogP contribution is 2.25. The van der Waals surface area contributed by atoms with Crippen molar-refractivity contribution in [3.05, 3.63) is 28.8 Å². The summed E-state index contributed by atoms with van der Waals surface area (Å²) in [6, 6.07) is 5.28. The van der Waals surface area contributed by atoms with E-state index in [1.54, 1.807) is 12.1 Å². The van der Waals surface area contributed by atoms with Gasteiger partial charge in [-0.1, -0.05) is 17.7 Å². The van der Waals surface area contributed by atoms with E-state index in [9.17, 15) is 10.2 Å². The molecule has 1 aliphatic rings. The van der Waals surface area contributed by atoms with Gasteiger partial charge in [0.25, 0.3) is 0 Å². The average molecular weight is 270 g/mol. The van der Waals surface area contributed by atoms with Gasteiger partial charge >= 0.3 is 0 Å². The highest BCUT2D eigenvalue weighted by atomic mass is 35.5. The second-order valence-corrected chi connectivity index (χ2v) is 5.50. The van der Waals surface area contributed by atoms with Crippen molar-refractivity contribution in [2.75, 3.05) is 6.54 Å².